The quantitative estimate of drug-likeness (QED) is 0.376. The number of nitrogens with one attached hydrogen (secondary N) is 2. The summed E-state index contributed by atoms with van der Waals surface area (Å²) in [6.07, 6.45) is 2.99. The van der Waals surface area contributed by atoms with E-state index in [4.69, 9.17) is 18.8 Å². The fourth-order valence-electron chi connectivity index (χ4n) is 5.84. The van der Waals surface area contributed by atoms with Crippen LogP contribution >= 0.6 is 0 Å². The molecular weight excluding hydrogens is 531 g/mol. The number of carbonyl (C=O) groups excluding carboxylic acids is 2. The Bertz CT molecular complexity index is 1230. The molecule has 1 aliphatic carbocycles. The van der Waals surface area contributed by atoms with E-state index in [0.29, 0.717) is 43.8 Å². The van der Waals surface area contributed by atoms with Crippen LogP contribution in [0.4, 0.5) is 0 Å². The zero-order chi connectivity index (χ0) is 30.7. The van der Waals surface area contributed by atoms with Crippen molar-refractivity contribution in [1.82, 2.24) is 10.6 Å². The normalized spacial score (nSPS) is 20.4. The highest BCUT2D eigenvalue weighted by molar-refractivity contribution is 6.48. The van der Waals surface area contributed by atoms with Gasteiger partial charge in [-0.25, -0.2) is 0 Å². The zero-order valence-corrected chi connectivity index (χ0v) is 26.4. The molecule has 3 atom stereocenters. The number of hydrogen-bond donors (Lipinski definition) is 2. The summed E-state index contributed by atoms with van der Waals surface area (Å²) in [7, 11) is 2.68. The molecule has 2 aromatic rings. The minimum atomic E-state index is -0.746. The Balaban J connectivity index is 1.52. The molecule has 2 aliphatic rings. The number of benzene rings is 2. The lowest BCUT2D eigenvalue weighted by atomic mass is 9.73. The molecule has 0 saturated carbocycles. The van der Waals surface area contributed by atoms with Crippen molar-refractivity contribution in [2.75, 3.05) is 14.2 Å². The van der Waals surface area contributed by atoms with Gasteiger partial charge in [0.25, 0.3) is 0 Å². The lowest BCUT2D eigenvalue weighted by molar-refractivity contribution is -0.131. The summed E-state index contributed by atoms with van der Waals surface area (Å²) in [6, 6.07) is 12.9. The zero-order valence-electron chi connectivity index (χ0n) is 26.4. The molecule has 4 rings (SSSR count). The van der Waals surface area contributed by atoms with Gasteiger partial charge in [0, 0.05) is 17.9 Å². The van der Waals surface area contributed by atoms with Gasteiger partial charge < -0.3 is 29.4 Å². The second-order valence-electron chi connectivity index (χ2n) is 13.0. The molecule has 1 heterocycles. The summed E-state index contributed by atoms with van der Waals surface area (Å²) in [5, 5.41) is 6.31. The topological polar surface area (TPSA) is 95.1 Å². The Morgan fingerprint density at radius 3 is 2.24 bits per heavy atom. The first-order valence-corrected chi connectivity index (χ1v) is 15.1. The van der Waals surface area contributed by atoms with Crippen molar-refractivity contribution in [2.45, 2.75) is 96.8 Å². The van der Waals surface area contributed by atoms with Gasteiger partial charge in [0.2, 0.25) is 11.8 Å². The monoisotopic (exact) mass is 578 g/mol. The molecule has 1 fully saturated rings. The number of rotatable bonds is 11. The minimum absolute atomic E-state index is 0.123. The first-order chi connectivity index (χ1) is 19.8. The summed E-state index contributed by atoms with van der Waals surface area (Å²) < 4.78 is 23.7. The van der Waals surface area contributed by atoms with Crippen LogP contribution in [0.15, 0.2) is 42.5 Å². The van der Waals surface area contributed by atoms with Crippen molar-refractivity contribution < 1.29 is 28.4 Å². The summed E-state index contributed by atoms with van der Waals surface area (Å²) in [5.41, 5.74) is 2.09. The van der Waals surface area contributed by atoms with Gasteiger partial charge in [-0.05, 0) is 76.5 Å². The second kappa shape index (κ2) is 13.1. The number of carbonyl (C=O) groups is 2. The van der Waals surface area contributed by atoms with Crippen molar-refractivity contribution in [2.24, 2.45) is 11.8 Å². The fraction of sp³-hybridized carbons (Fsp3) is 0.576. The van der Waals surface area contributed by atoms with Gasteiger partial charge in [-0.2, -0.15) is 0 Å². The molecule has 0 spiro atoms. The predicted octanol–water partition coefficient (Wildman–Crippen LogP) is 4.70. The molecule has 1 saturated heterocycles. The summed E-state index contributed by atoms with van der Waals surface area (Å²) in [5.74, 6) is 0.742. The number of amides is 2. The first kappa shape index (κ1) is 31.9. The number of ether oxygens (including phenoxy) is 2. The van der Waals surface area contributed by atoms with Crippen LogP contribution in [-0.2, 0) is 38.2 Å². The molecule has 8 nitrogen and oxygen atoms in total. The molecule has 1 unspecified atom stereocenters. The summed E-state index contributed by atoms with van der Waals surface area (Å²) >= 11 is 0. The predicted molar refractivity (Wildman–Crippen MR) is 165 cm³/mol. The molecule has 1 aliphatic heterocycles. The lowest BCUT2D eigenvalue weighted by Gasteiger charge is -2.32. The molecule has 0 aromatic heterocycles. The summed E-state index contributed by atoms with van der Waals surface area (Å²) in [6.45, 7) is 12.3. The largest absolute Gasteiger partial charge is 0.493 e. The molecule has 2 amide bonds. The van der Waals surface area contributed by atoms with Gasteiger partial charge >= 0.3 is 7.12 Å². The van der Waals surface area contributed by atoms with Crippen LogP contribution in [0.3, 0.4) is 0 Å². The van der Waals surface area contributed by atoms with Crippen molar-refractivity contribution in [3.63, 3.8) is 0 Å². The van der Waals surface area contributed by atoms with Gasteiger partial charge in [-0.3, -0.25) is 9.59 Å². The van der Waals surface area contributed by atoms with Gasteiger partial charge in [0.05, 0.1) is 31.4 Å². The Morgan fingerprint density at radius 2 is 1.64 bits per heavy atom. The van der Waals surface area contributed by atoms with Crippen molar-refractivity contribution in [3.8, 4) is 11.5 Å². The lowest BCUT2D eigenvalue weighted by Crippen LogP contribution is -2.56. The van der Waals surface area contributed by atoms with Crippen LogP contribution in [0.25, 0.3) is 0 Å². The van der Waals surface area contributed by atoms with Gasteiger partial charge in [0.15, 0.2) is 11.5 Å². The number of hydrogen-bond acceptors (Lipinski definition) is 6. The molecule has 228 valence electrons. The Labute approximate surface area is 251 Å². The molecular formula is C33H47BN2O6. The Kier molecular flexibility index (Phi) is 9.94. The smallest absolute Gasteiger partial charge is 0.481 e. The number of methoxy groups -OCH3 is 2. The van der Waals surface area contributed by atoms with Crippen LogP contribution in [0.5, 0.6) is 11.5 Å². The van der Waals surface area contributed by atoms with Crippen LogP contribution < -0.4 is 20.1 Å². The van der Waals surface area contributed by atoms with E-state index in [1.165, 1.54) is 0 Å². The highest BCUT2D eigenvalue weighted by Crippen LogP contribution is 2.39. The third-order valence-corrected chi connectivity index (χ3v) is 8.89. The van der Waals surface area contributed by atoms with Crippen molar-refractivity contribution in [3.05, 3.63) is 59.2 Å². The average Bonchev–Trinajstić information content (AvgIpc) is 3.17. The van der Waals surface area contributed by atoms with Crippen LogP contribution in [0.2, 0.25) is 0 Å². The highest BCUT2D eigenvalue weighted by atomic mass is 16.7. The van der Waals surface area contributed by atoms with Crippen molar-refractivity contribution in [1.29, 1.82) is 0 Å². The molecule has 0 radical (unpaired) electrons. The summed E-state index contributed by atoms with van der Waals surface area (Å²) in [4.78, 5) is 27.6. The van der Waals surface area contributed by atoms with Crippen LogP contribution in [-0.4, -0.2) is 56.3 Å². The third-order valence-electron chi connectivity index (χ3n) is 8.89. The van der Waals surface area contributed by atoms with E-state index in [2.05, 4.69) is 24.5 Å². The van der Waals surface area contributed by atoms with Crippen LogP contribution in [0, 0.1) is 11.8 Å². The Hall–Kier alpha value is -3.04. The van der Waals surface area contributed by atoms with E-state index < -0.39 is 24.4 Å². The first-order valence-electron chi connectivity index (χ1n) is 15.1. The molecule has 2 aromatic carbocycles. The third kappa shape index (κ3) is 7.12. The SMILES string of the molecule is COc1ccc2c(c1OC)CCC(C(=O)N[C@@H](Cc1ccccc1)C(=O)N[C@@H](CC(C)C)B1OC(C)(C)C(C)(C)O1)C2. The van der Waals surface area contributed by atoms with Gasteiger partial charge in [-0.1, -0.05) is 50.2 Å². The maximum absolute atomic E-state index is 13.9. The van der Waals surface area contributed by atoms with E-state index in [9.17, 15) is 9.59 Å². The maximum Gasteiger partial charge on any atom is 0.481 e. The molecule has 42 heavy (non-hydrogen) atoms. The van der Waals surface area contributed by atoms with E-state index in [1.807, 2.05) is 70.2 Å². The van der Waals surface area contributed by atoms with Gasteiger partial charge in [0.1, 0.15) is 6.04 Å². The maximum atomic E-state index is 13.9. The van der Waals surface area contributed by atoms with E-state index >= 15 is 0 Å². The van der Waals surface area contributed by atoms with Gasteiger partial charge in [-0.15, -0.1) is 0 Å². The highest BCUT2D eigenvalue weighted by Gasteiger charge is 2.54. The Morgan fingerprint density at radius 1 is 0.976 bits per heavy atom. The molecule has 0 bridgehead atoms. The second-order valence-corrected chi connectivity index (χ2v) is 13.0. The van der Waals surface area contributed by atoms with Crippen LogP contribution in [0.1, 0.15) is 71.1 Å². The molecule has 9 heteroatoms. The van der Waals surface area contributed by atoms with E-state index in [1.54, 1.807) is 14.2 Å². The molecule has 2 N–H and O–H groups in total. The minimum Gasteiger partial charge on any atom is -0.493 e. The van der Waals surface area contributed by atoms with Crippen molar-refractivity contribution >= 4 is 18.9 Å². The average molecular weight is 579 g/mol. The number of fused-ring (bicyclic) bond motifs is 1. The van der Waals surface area contributed by atoms with E-state index in [-0.39, 0.29) is 23.7 Å². The standard InChI is InChI=1S/C33H47BN2O6/c1-21(2)18-28(34-41-32(3,4)33(5,6)42-34)36-31(38)26(19-22-12-10-9-11-13-22)35-30(37)24-14-16-25-23(20-24)15-17-27(39-7)29(25)40-8/h9-13,15,17,21,24,26,28H,14,16,18-20H2,1-8H3,(H,35,37)(H,36,38)/t24?,26-,28-/m0/s1. The van der Waals surface area contributed by atoms with E-state index in [0.717, 1.165) is 22.4 Å². The fourth-order valence-corrected chi connectivity index (χ4v) is 5.84.